The number of hydrogen-bond acceptors (Lipinski definition) is 1. The number of carbonyl (C=O) groups excluding carboxylic acids is 1. The van der Waals surface area contributed by atoms with Crippen molar-refractivity contribution >= 4 is 5.91 Å². The molecule has 2 nitrogen and oxygen atoms in total. The summed E-state index contributed by atoms with van der Waals surface area (Å²) < 4.78 is 0. The molecule has 0 saturated carbocycles. The van der Waals surface area contributed by atoms with Crippen molar-refractivity contribution in [2.75, 3.05) is 6.54 Å². The van der Waals surface area contributed by atoms with Gasteiger partial charge in [0.15, 0.2) is 0 Å². The summed E-state index contributed by atoms with van der Waals surface area (Å²) in [5, 5.41) is 0. The SMILES string of the molecule is CC.CC(=O)N1CCc2cc(C)ccc2C1. The lowest BCUT2D eigenvalue weighted by molar-refractivity contribution is -0.129. The van der Waals surface area contributed by atoms with E-state index in [1.807, 2.05) is 18.7 Å². The molecule has 0 fully saturated rings. The average Bonchev–Trinajstić information content (AvgIpc) is 2.30. The van der Waals surface area contributed by atoms with E-state index in [4.69, 9.17) is 0 Å². The van der Waals surface area contributed by atoms with Crippen LogP contribution in [0.5, 0.6) is 0 Å². The lowest BCUT2D eigenvalue weighted by Gasteiger charge is -2.28. The van der Waals surface area contributed by atoms with Gasteiger partial charge in [0.1, 0.15) is 0 Å². The summed E-state index contributed by atoms with van der Waals surface area (Å²) in [4.78, 5) is 13.1. The molecule has 0 N–H and O–H groups in total. The van der Waals surface area contributed by atoms with E-state index >= 15 is 0 Å². The second-order valence-electron chi connectivity index (χ2n) is 3.96. The molecule has 0 bridgehead atoms. The van der Waals surface area contributed by atoms with Gasteiger partial charge in [-0.25, -0.2) is 0 Å². The van der Waals surface area contributed by atoms with E-state index in [0.29, 0.717) is 0 Å². The Bertz CT molecular complexity index is 371. The molecule has 16 heavy (non-hydrogen) atoms. The van der Waals surface area contributed by atoms with Crippen LogP contribution in [0.4, 0.5) is 0 Å². The van der Waals surface area contributed by atoms with E-state index < -0.39 is 0 Å². The summed E-state index contributed by atoms with van der Waals surface area (Å²) in [6, 6.07) is 6.48. The molecule has 2 rings (SSSR count). The highest BCUT2D eigenvalue weighted by molar-refractivity contribution is 5.73. The van der Waals surface area contributed by atoms with Crippen LogP contribution in [0.3, 0.4) is 0 Å². The Hall–Kier alpha value is -1.31. The Balaban J connectivity index is 0.000000606. The normalized spacial score (nSPS) is 13.6. The van der Waals surface area contributed by atoms with E-state index in [-0.39, 0.29) is 5.91 Å². The Morgan fingerprint density at radius 1 is 1.25 bits per heavy atom. The van der Waals surface area contributed by atoms with E-state index in [1.54, 1.807) is 6.92 Å². The largest absolute Gasteiger partial charge is 0.338 e. The monoisotopic (exact) mass is 219 g/mol. The molecule has 0 aliphatic carbocycles. The lowest BCUT2D eigenvalue weighted by Crippen LogP contribution is -2.34. The molecule has 0 spiro atoms. The number of benzene rings is 1. The van der Waals surface area contributed by atoms with Gasteiger partial charge in [0.25, 0.3) is 0 Å². The molecule has 0 radical (unpaired) electrons. The van der Waals surface area contributed by atoms with Gasteiger partial charge in [-0.15, -0.1) is 0 Å². The smallest absolute Gasteiger partial charge is 0.219 e. The number of hydrogen-bond donors (Lipinski definition) is 0. The molecule has 1 aromatic carbocycles. The summed E-state index contributed by atoms with van der Waals surface area (Å²) in [6.07, 6.45) is 0.997. The molecule has 0 unspecified atom stereocenters. The number of aryl methyl sites for hydroxylation is 1. The highest BCUT2D eigenvalue weighted by atomic mass is 16.2. The van der Waals surface area contributed by atoms with Crippen molar-refractivity contribution in [3.63, 3.8) is 0 Å². The summed E-state index contributed by atoms with van der Waals surface area (Å²) in [6.45, 7) is 9.40. The van der Waals surface area contributed by atoms with Crippen molar-refractivity contribution < 1.29 is 4.79 Å². The number of fused-ring (bicyclic) bond motifs is 1. The quantitative estimate of drug-likeness (QED) is 0.657. The van der Waals surface area contributed by atoms with Gasteiger partial charge in [-0.05, 0) is 24.5 Å². The molecular formula is C14H21NO. The van der Waals surface area contributed by atoms with E-state index in [9.17, 15) is 4.79 Å². The second kappa shape index (κ2) is 5.69. The zero-order valence-electron chi connectivity index (χ0n) is 10.7. The van der Waals surface area contributed by atoms with Gasteiger partial charge in [0.2, 0.25) is 5.91 Å². The van der Waals surface area contributed by atoms with Gasteiger partial charge in [-0.3, -0.25) is 4.79 Å². The summed E-state index contributed by atoms with van der Waals surface area (Å²) in [5.41, 5.74) is 4.01. The van der Waals surface area contributed by atoms with Crippen molar-refractivity contribution in [2.24, 2.45) is 0 Å². The van der Waals surface area contributed by atoms with Crippen molar-refractivity contribution in [2.45, 2.75) is 40.7 Å². The minimum Gasteiger partial charge on any atom is -0.338 e. The fourth-order valence-corrected chi connectivity index (χ4v) is 1.95. The molecule has 1 aliphatic heterocycles. The molecule has 2 heteroatoms. The third kappa shape index (κ3) is 2.84. The van der Waals surface area contributed by atoms with Gasteiger partial charge in [0, 0.05) is 20.0 Å². The van der Waals surface area contributed by atoms with Gasteiger partial charge >= 0.3 is 0 Å². The fourth-order valence-electron chi connectivity index (χ4n) is 1.95. The first-order valence-electron chi connectivity index (χ1n) is 6.01. The van der Waals surface area contributed by atoms with Crippen LogP contribution in [-0.2, 0) is 17.8 Å². The average molecular weight is 219 g/mol. The van der Waals surface area contributed by atoms with Crippen LogP contribution >= 0.6 is 0 Å². The van der Waals surface area contributed by atoms with Crippen LogP contribution in [0.25, 0.3) is 0 Å². The summed E-state index contributed by atoms with van der Waals surface area (Å²) in [7, 11) is 0. The van der Waals surface area contributed by atoms with E-state index in [0.717, 1.165) is 19.5 Å². The van der Waals surface area contributed by atoms with Crippen LogP contribution in [0.1, 0.15) is 37.5 Å². The minimum atomic E-state index is 0.177. The fraction of sp³-hybridized carbons (Fsp3) is 0.500. The van der Waals surface area contributed by atoms with E-state index in [2.05, 4.69) is 25.1 Å². The van der Waals surface area contributed by atoms with E-state index in [1.165, 1.54) is 16.7 Å². The second-order valence-corrected chi connectivity index (χ2v) is 3.96. The zero-order valence-corrected chi connectivity index (χ0v) is 10.7. The maximum absolute atomic E-state index is 11.2. The molecule has 1 aromatic rings. The third-order valence-corrected chi connectivity index (χ3v) is 2.82. The highest BCUT2D eigenvalue weighted by Crippen LogP contribution is 2.19. The molecule has 0 saturated heterocycles. The van der Waals surface area contributed by atoms with Crippen molar-refractivity contribution in [1.29, 1.82) is 0 Å². The lowest BCUT2D eigenvalue weighted by atomic mass is 9.98. The maximum atomic E-state index is 11.2. The number of rotatable bonds is 0. The van der Waals surface area contributed by atoms with Crippen LogP contribution in [0.2, 0.25) is 0 Å². The third-order valence-electron chi connectivity index (χ3n) is 2.82. The number of nitrogens with zero attached hydrogens (tertiary/aromatic N) is 1. The molecule has 88 valence electrons. The van der Waals surface area contributed by atoms with Gasteiger partial charge < -0.3 is 4.90 Å². The summed E-state index contributed by atoms with van der Waals surface area (Å²) >= 11 is 0. The van der Waals surface area contributed by atoms with Gasteiger partial charge in [-0.2, -0.15) is 0 Å². The predicted molar refractivity (Wildman–Crippen MR) is 67.3 cm³/mol. The van der Waals surface area contributed by atoms with Crippen LogP contribution in [-0.4, -0.2) is 17.4 Å². The molecule has 1 amide bonds. The van der Waals surface area contributed by atoms with Crippen LogP contribution in [0, 0.1) is 6.92 Å². The van der Waals surface area contributed by atoms with Crippen molar-refractivity contribution in [3.8, 4) is 0 Å². The van der Waals surface area contributed by atoms with Crippen molar-refractivity contribution in [3.05, 3.63) is 34.9 Å². The minimum absolute atomic E-state index is 0.177. The standard InChI is InChI=1S/C12H15NO.C2H6/c1-9-3-4-12-8-13(10(2)14)6-5-11(12)7-9;1-2/h3-4,7H,5-6,8H2,1-2H3;1-2H3. The molecule has 1 heterocycles. The zero-order chi connectivity index (χ0) is 12.1. The Morgan fingerprint density at radius 2 is 1.94 bits per heavy atom. The topological polar surface area (TPSA) is 20.3 Å². The maximum Gasteiger partial charge on any atom is 0.219 e. The number of carbonyl (C=O) groups is 1. The molecule has 0 atom stereocenters. The summed E-state index contributed by atoms with van der Waals surface area (Å²) in [5.74, 6) is 0.177. The Labute approximate surface area is 98.3 Å². The molecule has 1 aliphatic rings. The molecule has 0 aromatic heterocycles. The van der Waals surface area contributed by atoms with Crippen molar-refractivity contribution in [1.82, 2.24) is 4.90 Å². The van der Waals surface area contributed by atoms with Gasteiger partial charge in [-0.1, -0.05) is 37.6 Å². The van der Waals surface area contributed by atoms with Gasteiger partial charge in [0.05, 0.1) is 0 Å². The Morgan fingerprint density at radius 3 is 2.56 bits per heavy atom. The predicted octanol–water partition coefficient (Wildman–Crippen LogP) is 2.93. The highest BCUT2D eigenvalue weighted by Gasteiger charge is 2.17. The van der Waals surface area contributed by atoms with Crippen LogP contribution in [0.15, 0.2) is 18.2 Å². The Kier molecular flexibility index (Phi) is 4.53. The van der Waals surface area contributed by atoms with Crippen LogP contribution < -0.4 is 0 Å². The first-order valence-corrected chi connectivity index (χ1v) is 6.01. The number of amides is 1. The first-order chi connectivity index (χ1) is 7.66. The molecular weight excluding hydrogens is 198 g/mol. The first kappa shape index (κ1) is 12.8.